The first-order valence-electron chi connectivity index (χ1n) is 13.2. The Morgan fingerprint density at radius 1 is 0.561 bits per heavy atom. The average Bonchev–Trinajstić information content (AvgIpc) is 3.78. The van der Waals surface area contributed by atoms with Crippen LogP contribution in [0.2, 0.25) is 0 Å². The molecule has 0 saturated heterocycles. The second-order valence-electron chi connectivity index (χ2n) is 9.76. The Kier molecular flexibility index (Phi) is 5.11. The fourth-order valence-electron chi connectivity index (χ4n) is 5.42. The van der Waals surface area contributed by atoms with Crippen molar-refractivity contribution < 1.29 is 0 Å². The summed E-state index contributed by atoms with van der Waals surface area (Å²) >= 11 is 0. The third-order valence-corrected chi connectivity index (χ3v) is 7.37. The van der Waals surface area contributed by atoms with Gasteiger partial charge in [-0.05, 0) is 6.72 Å². The number of amidine groups is 4. The van der Waals surface area contributed by atoms with Gasteiger partial charge in [-0.3, -0.25) is 0 Å². The summed E-state index contributed by atoms with van der Waals surface area (Å²) in [7, 11) is 0. The van der Waals surface area contributed by atoms with E-state index >= 15 is 0 Å². The first-order chi connectivity index (χ1) is 20.3. The number of aromatic amines is 2. The molecule has 0 radical (unpaired) electrons. The van der Waals surface area contributed by atoms with E-state index in [1.54, 1.807) is 0 Å². The zero-order valence-corrected chi connectivity index (χ0v) is 21.8. The quantitative estimate of drug-likeness (QED) is 0.212. The summed E-state index contributed by atoms with van der Waals surface area (Å²) in [5.74, 6) is 4.75. The maximum Gasteiger partial charge on any atom is 0.164 e. The number of benzene rings is 4. The van der Waals surface area contributed by atoms with Gasteiger partial charge in [0.15, 0.2) is 11.7 Å². The molecule has 0 unspecified atom stereocenters. The van der Waals surface area contributed by atoms with E-state index in [1.165, 1.54) is 0 Å². The van der Waals surface area contributed by atoms with E-state index in [1.807, 2.05) is 91.1 Å². The average molecular weight is 531 g/mol. The number of fused-ring (bicyclic) bond motifs is 4. The number of rotatable bonds is 3. The largest absolute Gasteiger partial charge is 0.345 e. The van der Waals surface area contributed by atoms with Crippen LogP contribution in [0.4, 0.5) is 17.5 Å². The summed E-state index contributed by atoms with van der Waals surface area (Å²) in [6.45, 7) is 3.70. The molecule has 41 heavy (non-hydrogen) atoms. The van der Waals surface area contributed by atoms with Gasteiger partial charge in [0.05, 0.1) is 0 Å². The third kappa shape index (κ3) is 3.73. The van der Waals surface area contributed by atoms with Crippen molar-refractivity contribution in [2.75, 3.05) is 0 Å². The smallest absolute Gasteiger partial charge is 0.164 e. The van der Waals surface area contributed by atoms with E-state index < -0.39 is 0 Å². The molecule has 0 atom stereocenters. The van der Waals surface area contributed by atoms with Crippen LogP contribution >= 0.6 is 0 Å². The van der Waals surface area contributed by atoms with Gasteiger partial charge >= 0.3 is 0 Å². The highest BCUT2D eigenvalue weighted by molar-refractivity contribution is 6.31. The highest BCUT2D eigenvalue weighted by Gasteiger charge is 2.27. The van der Waals surface area contributed by atoms with Crippen LogP contribution < -0.4 is 5.32 Å². The van der Waals surface area contributed by atoms with Gasteiger partial charge in [-0.25, -0.2) is 25.0 Å². The number of hydrogen-bond donors (Lipinski definition) is 3. The lowest BCUT2D eigenvalue weighted by Gasteiger charge is -2.02. The van der Waals surface area contributed by atoms with Crippen molar-refractivity contribution in [3.05, 3.63) is 126 Å². The normalized spacial score (nSPS) is 16.9. The Morgan fingerprint density at radius 2 is 1.17 bits per heavy atom. The van der Waals surface area contributed by atoms with Crippen LogP contribution in [0.3, 0.4) is 0 Å². The molecule has 0 saturated carbocycles. The summed E-state index contributed by atoms with van der Waals surface area (Å²) in [5.41, 5.74) is 3.77. The fraction of sp³-hybridized carbons (Fsp3) is 0. The molecule has 3 N–H and O–H groups in total. The Hall–Kier alpha value is -5.89. The minimum atomic E-state index is 0.584. The van der Waals surface area contributed by atoms with Gasteiger partial charge in [0.1, 0.15) is 29.1 Å². The number of aliphatic imine (C=N–C) groups is 5. The molecule has 8 rings (SSSR count). The number of nitrogens with zero attached hydrogens (tertiary/aromatic N) is 5. The molecule has 0 fully saturated rings. The highest BCUT2D eigenvalue weighted by Crippen LogP contribution is 2.35. The van der Waals surface area contributed by atoms with Crippen LogP contribution in [-0.4, -0.2) is 40.0 Å². The molecule has 6 aromatic rings. The predicted octanol–water partition coefficient (Wildman–Crippen LogP) is 6.95. The molecule has 8 heteroatoms. The lowest BCUT2D eigenvalue weighted by molar-refractivity contribution is 1.30. The summed E-state index contributed by atoms with van der Waals surface area (Å²) in [6, 6.07) is 32.2. The topological polar surface area (TPSA) is 105 Å². The van der Waals surface area contributed by atoms with Crippen LogP contribution in [0.5, 0.6) is 0 Å². The van der Waals surface area contributed by atoms with Crippen LogP contribution in [0, 0.1) is 0 Å². The third-order valence-electron chi connectivity index (χ3n) is 7.37. The Bertz CT molecular complexity index is 2150. The standard InChI is InChI=1S/C33H22N8/c1-34-27-21-12-4-5-13-22(21)29(36-27)38-31-25-16-8-9-17-26(25)33(40-31)41-32-24-15-7-6-14-23(24)30(39-32)37-28-20-11-3-2-10-19(20)18-35-28/h2-18,35-36H,1H2,(H,37,38,39,40,41). The van der Waals surface area contributed by atoms with Gasteiger partial charge in [-0.2, -0.15) is 0 Å². The van der Waals surface area contributed by atoms with Gasteiger partial charge < -0.3 is 15.3 Å². The molecule has 0 spiro atoms. The molecule has 4 heterocycles. The van der Waals surface area contributed by atoms with Gasteiger partial charge in [-0.15, -0.1) is 0 Å². The highest BCUT2D eigenvalue weighted by atomic mass is 15.1. The van der Waals surface area contributed by atoms with E-state index in [0.29, 0.717) is 29.1 Å². The molecule has 2 aliphatic rings. The number of nitrogens with one attached hydrogen (secondary N) is 3. The number of aromatic nitrogens is 2. The summed E-state index contributed by atoms with van der Waals surface area (Å²) in [4.78, 5) is 30.5. The minimum Gasteiger partial charge on any atom is -0.345 e. The summed E-state index contributed by atoms with van der Waals surface area (Å²) < 4.78 is 0. The first-order valence-corrected chi connectivity index (χ1v) is 13.2. The van der Waals surface area contributed by atoms with Gasteiger partial charge in [0.25, 0.3) is 0 Å². The fourth-order valence-corrected chi connectivity index (χ4v) is 5.42. The molecule has 0 bridgehead atoms. The Labute approximate surface area is 234 Å². The summed E-state index contributed by atoms with van der Waals surface area (Å²) in [5, 5.41) is 7.55. The van der Waals surface area contributed by atoms with Crippen molar-refractivity contribution in [2.45, 2.75) is 0 Å². The van der Waals surface area contributed by atoms with Crippen LogP contribution in [0.15, 0.2) is 128 Å². The second-order valence-corrected chi connectivity index (χ2v) is 9.76. The molecule has 2 aliphatic heterocycles. The zero-order valence-electron chi connectivity index (χ0n) is 21.8. The van der Waals surface area contributed by atoms with E-state index in [-0.39, 0.29) is 0 Å². The molecular formula is C33H22N8. The lowest BCUT2D eigenvalue weighted by Crippen LogP contribution is -2.23. The van der Waals surface area contributed by atoms with Gasteiger partial charge in [0.2, 0.25) is 0 Å². The Morgan fingerprint density at radius 3 is 1.93 bits per heavy atom. The first kappa shape index (κ1) is 23.0. The minimum absolute atomic E-state index is 0.584. The lowest BCUT2D eigenvalue weighted by atomic mass is 10.1. The Balaban J connectivity index is 1.23. The van der Waals surface area contributed by atoms with Crippen LogP contribution in [0.25, 0.3) is 21.5 Å². The number of H-pyrrole nitrogens is 2. The van der Waals surface area contributed by atoms with Crippen molar-refractivity contribution >= 4 is 69.1 Å². The maximum atomic E-state index is 5.02. The van der Waals surface area contributed by atoms with Crippen molar-refractivity contribution in [3.8, 4) is 0 Å². The molecule has 194 valence electrons. The van der Waals surface area contributed by atoms with E-state index in [9.17, 15) is 0 Å². The maximum absolute atomic E-state index is 5.02. The zero-order chi connectivity index (χ0) is 27.3. The van der Waals surface area contributed by atoms with Crippen LogP contribution in [0.1, 0.15) is 22.3 Å². The summed E-state index contributed by atoms with van der Waals surface area (Å²) in [6.07, 6.45) is 1.97. The van der Waals surface area contributed by atoms with Crippen molar-refractivity contribution in [1.82, 2.24) is 15.3 Å². The van der Waals surface area contributed by atoms with Gasteiger partial charge in [-0.1, -0.05) is 97.1 Å². The van der Waals surface area contributed by atoms with Crippen molar-refractivity contribution in [1.29, 1.82) is 0 Å². The molecule has 8 nitrogen and oxygen atoms in total. The SMILES string of the molecule is C=Nc1[nH]c(N=C2N=C(N=C3NC(=Nc4[nH]cc5ccccc45)c4ccccc43)c3ccccc32)c2ccccc12. The van der Waals surface area contributed by atoms with Crippen LogP contribution in [-0.2, 0) is 0 Å². The number of hydrogen-bond acceptors (Lipinski definition) is 4. The van der Waals surface area contributed by atoms with E-state index in [4.69, 9.17) is 20.0 Å². The monoisotopic (exact) mass is 530 g/mol. The molecule has 0 amide bonds. The van der Waals surface area contributed by atoms with E-state index in [0.717, 1.165) is 55.5 Å². The molecular weight excluding hydrogens is 508 g/mol. The van der Waals surface area contributed by atoms with Gasteiger partial charge in [0, 0.05) is 50.0 Å². The second kappa shape index (κ2) is 9.10. The van der Waals surface area contributed by atoms with E-state index in [2.05, 4.69) is 39.1 Å². The predicted molar refractivity (Wildman–Crippen MR) is 167 cm³/mol. The van der Waals surface area contributed by atoms with Crippen molar-refractivity contribution in [3.63, 3.8) is 0 Å². The molecule has 4 aromatic carbocycles. The molecule has 2 aromatic heterocycles. The van der Waals surface area contributed by atoms with Crippen molar-refractivity contribution in [2.24, 2.45) is 25.0 Å². The molecule has 0 aliphatic carbocycles.